The van der Waals surface area contributed by atoms with E-state index in [1.807, 2.05) is 0 Å². The van der Waals surface area contributed by atoms with E-state index in [1.165, 1.54) is 12.1 Å². The van der Waals surface area contributed by atoms with Gasteiger partial charge in [-0.15, -0.1) is 0 Å². The molecule has 1 N–H and O–H groups in total. The Labute approximate surface area is 142 Å². The molecule has 24 heavy (non-hydrogen) atoms. The van der Waals surface area contributed by atoms with Gasteiger partial charge in [-0.2, -0.15) is 0 Å². The van der Waals surface area contributed by atoms with Gasteiger partial charge >= 0.3 is 0 Å². The van der Waals surface area contributed by atoms with E-state index in [1.54, 1.807) is 18.2 Å². The molecule has 1 aromatic heterocycles. The molecule has 0 aliphatic heterocycles. The molecule has 0 saturated carbocycles. The van der Waals surface area contributed by atoms with Crippen LogP contribution in [-0.4, -0.2) is 16.5 Å². The number of nitrogens with zero attached hydrogens (tertiary/aromatic N) is 1. The van der Waals surface area contributed by atoms with Crippen LogP contribution in [0.5, 0.6) is 5.75 Å². The van der Waals surface area contributed by atoms with Crippen LogP contribution in [0.25, 0.3) is 21.8 Å². The van der Waals surface area contributed by atoms with Crippen molar-refractivity contribution in [2.24, 2.45) is 0 Å². The number of benzene rings is 2. The summed E-state index contributed by atoms with van der Waals surface area (Å²) in [6.45, 7) is 2.63. The van der Waals surface area contributed by atoms with Crippen molar-refractivity contribution in [2.75, 3.05) is 6.61 Å². The number of aromatic nitrogens is 1. The van der Waals surface area contributed by atoms with Crippen LogP contribution in [0.2, 0.25) is 5.02 Å². The Balaban J connectivity index is 2.24. The van der Waals surface area contributed by atoms with Gasteiger partial charge in [0.15, 0.2) is 5.43 Å². The summed E-state index contributed by atoms with van der Waals surface area (Å²) in [6.07, 6.45) is 1.93. The molecule has 2 aromatic carbocycles. The third-order valence-electron chi connectivity index (χ3n) is 3.82. The predicted octanol–water partition coefficient (Wildman–Crippen LogP) is 4.42. The lowest BCUT2D eigenvalue weighted by molar-refractivity contribution is -0.383. The Morgan fingerprint density at radius 3 is 2.79 bits per heavy atom. The second-order valence-corrected chi connectivity index (χ2v) is 5.84. The average Bonchev–Trinajstić information content (AvgIpc) is 2.55. The monoisotopic (exact) mass is 346 g/mol. The highest BCUT2D eigenvalue weighted by Crippen LogP contribution is 2.30. The van der Waals surface area contributed by atoms with E-state index in [9.17, 15) is 14.9 Å². The maximum Gasteiger partial charge on any atom is 0.293 e. The summed E-state index contributed by atoms with van der Waals surface area (Å²) in [6, 6.07) is 7.70. The van der Waals surface area contributed by atoms with Crippen molar-refractivity contribution in [2.45, 2.75) is 19.8 Å². The lowest BCUT2D eigenvalue weighted by Crippen LogP contribution is -2.07. The molecule has 0 atom stereocenters. The molecule has 0 unspecified atom stereocenters. The van der Waals surface area contributed by atoms with Gasteiger partial charge in [0.2, 0.25) is 0 Å². The minimum absolute atomic E-state index is 0.115. The average molecular weight is 347 g/mol. The Bertz CT molecular complexity index is 997. The van der Waals surface area contributed by atoms with Crippen LogP contribution < -0.4 is 10.2 Å². The minimum Gasteiger partial charge on any atom is -0.494 e. The Kier molecular flexibility index (Phi) is 4.40. The predicted molar refractivity (Wildman–Crippen MR) is 94.1 cm³/mol. The summed E-state index contributed by atoms with van der Waals surface area (Å²) in [5, 5.41) is 11.9. The fourth-order valence-corrected chi connectivity index (χ4v) is 2.82. The molecule has 0 saturated heterocycles. The van der Waals surface area contributed by atoms with Gasteiger partial charge in [0.05, 0.1) is 27.5 Å². The first-order valence-corrected chi connectivity index (χ1v) is 7.96. The quantitative estimate of drug-likeness (QED) is 0.320. The number of unbranched alkanes of at least 4 members (excludes halogenated alkanes) is 1. The lowest BCUT2D eigenvalue weighted by Gasteiger charge is -2.08. The summed E-state index contributed by atoms with van der Waals surface area (Å²) in [7, 11) is 0. The summed E-state index contributed by atoms with van der Waals surface area (Å²) < 4.78 is 5.62. The van der Waals surface area contributed by atoms with Crippen LogP contribution in [0.15, 0.2) is 35.1 Å². The fraction of sp³-hybridized carbons (Fsp3) is 0.235. The summed E-state index contributed by atoms with van der Waals surface area (Å²) in [5.74, 6) is 0.586. The number of hydrogen-bond acceptors (Lipinski definition) is 4. The van der Waals surface area contributed by atoms with E-state index in [4.69, 9.17) is 16.3 Å². The van der Waals surface area contributed by atoms with Crippen LogP contribution in [-0.2, 0) is 0 Å². The molecule has 0 aliphatic rings. The number of H-pyrrole nitrogens is 1. The van der Waals surface area contributed by atoms with E-state index < -0.39 is 4.92 Å². The number of nitro benzene ring substituents is 1. The Hall–Kier alpha value is -2.60. The third kappa shape index (κ3) is 2.80. The molecule has 0 spiro atoms. The van der Waals surface area contributed by atoms with E-state index >= 15 is 0 Å². The summed E-state index contributed by atoms with van der Waals surface area (Å²) >= 11 is 6.11. The van der Waals surface area contributed by atoms with E-state index in [0.29, 0.717) is 23.3 Å². The number of aromatic amines is 1. The van der Waals surface area contributed by atoms with Crippen molar-refractivity contribution >= 4 is 39.1 Å². The van der Waals surface area contributed by atoms with E-state index in [-0.39, 0.29) is 27.0 Å². The number of pyridine rings is 1. The molecular weight excluding hydrogens is 332 g/mol. The smallest absolute Gasteiger partial charge is 0.293 e. The van der Waals surface area contributed by atoms with E-state index in [0.717, 1.165) is 12.8 Å². The second-order valence-electron chi connectivity index (χ2n) is 5.44. The molecule has 0 aliphatic carbocycles. The number of rotatable bonds is 5. The topological polar surface area (TPSA) is 85.2 Å². The van der Waals surface area contributed by atoms with Crippen molar-refractivity contribution in [1.29, 1.82) is 0 Å². The van der Waals surface area contributed by atoms with Gasteiger partial charge in [0.25, 0.3) is 5.69 Å². The molecule has 124 valence electrons. The SMILES string of the molecule is CCCCOc1ccc2[nH]c3c([N+](=O)[O-])ccc(Cl)c3c(=O)c2c1. The molecule has 0 radical (unpaired) electrons. The maximum atomic E-state index is 12.8. The zero-order chi connectivity index (χ0) is 17.3. The van der Waals surface area contributed by atoms with Crippen LogP contribution in [0, 0.1) is 10.1 Å². The van der Waals surface area contributed by atoms with Crippen LogP contribution >= 0.6 is 11.6 Å². The Morgan fingerprint density at radius 2 is 2.08 bits per heavy atom. The first-order chi connectivity index (χ1) is 11.5. The number of nitrogens with one attached hydrogen (secondary N) is 1. The third-order valence-corrected chi connectivity index (χ3v) is 4.13. The van der Waals surface area contributed by atoms with Crippen LogP contribution in [0.4, 0.5) is 5.69 Å². The van der Waals surface area contributed by atoms with Gasteiger partial charge in [-0.25, -0.2) is 0 Å². The molecular formula is C17H15ClN2O4. The standard InChI is InChI=1S/C17H15ClN2O4/c1-2-3-8-24-10-4-6-13-11(9-10)17(21)15-12(18)5-7-14(20(22)23)16(15)19-13/h4-7,9H,2-3,8H2,1H3,(H,19,21). The van der Waals surface area contributed by atoms with Crippen LogP contribution in [0.3, 0.4) is 0 Å². The van der Waals surface area contributed by atoms with Crippen molar-refractivity contribution in [1.82, 2.24) is 4.98 Å². The molecule has 7 heteroatoms. The van der Waals surface area contributed by atoms with Gasteiger partial charge in [-0.05, 0) is 30.7 Å². The van der Waals surface area contributed by atoms with Crippen molar-refractivity contribution < 1.29 is 9.66 Å². The van der Waals surface area contributed by atoms with Gasteiger partial charge in [0, 0.05) is 11.5 Å². The molecule has 0 amide bonds. The highest BCUT2D eigenvalue weighted by Gasteiger charge is 2.18. The van der Waals surface area contributed by atoms with Crippen LogP contribution in [0.1, 0.15) is 19.8 Å². The Morgan fingerprint density at radius 1 is 1.29 bits per heavy atom. The van der Waals surface area contributed by atoms with Crippen molar-refractivity contribution in [3.8, 4) is 5.75 Å². The van der Waals surface area contributed by atoms with Crippen molar-refractivity contribution in [3.05, 3.63) is 55.7 Å². The summed E-state index contributed by atoms with van der Waals surface area (Å²) in [5.41, 5.74) is 0.0930. The molecule has 6 nitrogen and oxygen atoms in total. The maximum absolute atomic E-state index is 12.8. The second kappa shape index (κ2) is 6.49. The molecule has 1 heterocycles. The number of fused-ring (bicyclic) bond motifs is 2. The summed E-state index contributed by atoms with van der Waals surface area (Å²) in [4.78, 5) is 26.4. The fourth-order valence-electron chi connectivity index (χ4n) is 2.58. The van der Waals surface area contributed by atoms with E-state index in [2.05, 4.69) is 11.9 Å². The zero-order valence-electron chi connectivity index (χ0n) is 13.0. The highest BCUT2D eigenvalue weighted by atomic mass is 35.5. The minimum atomic E-state index is -0.539. The number of halogens is 1. The number of non-ortho nitro benzene ring substituents is 1. The number of nitro groups is 1. The lowest BCUT2D eigenvalue weighted by atomic mass is 10.1. The molecule has 3 rings (SSSR count). The van der Waals surface area contributed by atoms with Gasteiger partial charge in [-0.3, -0.25) is 14.9 Å². The number of ether oxygens (including phenoxy) is 1. The first kappa shape index (κ1) is 16.3. The van der Waals surface area contributed by atoms with Gasteiger partial charge in [0.1, 0.15) is 11.3 Å². The number of hydrogen-bond donors (Lipinski definition) is 1. The largest absolute Gasteiger partial charge is 0.494 e. The van der Waals surface area contributed by atoms with Gasteiger partial charge < -0.3 is 9.72 Å². The zero-order valence-corrected chi connectivity index (χ0v) is 13.7. The highest BCUT2D eigenvalue weighted by molar-refractivity contribution is 6.36. The molecule has 3 aromatic rings. The van der Waals surface area contributed by atoms with Gasteiger partial charge in [-0.1, -0.05) is 24.9 Å². The normalized spacial score (nSPS) is 11.1. The van der Waals surface area contributed by atoms with Crippen molar-refractivity contribution in [3.63, 3.8) is 0 Å². The molecule has 0 bridgehead atoms. The molecule has 0 fully saturated rings. The first-order valence-electron chi connectivity index (χ1n) is 7.58.